The predicted molar refractivity (Wildman–Crippen MR) is 136 cm³/mol. The predicted octanol–water partition coefficient (Wildman–Crippen LogP) is 4.90. The van der Waals surface area contributed by atoms with Crippen molar-refractivity contribution in [2.75, 3.05) is 5.32 Å². The van der Waals surface area contributed by atoms with Crippen LogP contribution < -0.4 is 16.2 Å². The summed E-state index contributed by atoms with van der Waals surface area (Å²) in [6.45, 7) is 6.49. The highest BCUT2D eigenvalue weighted by Crippen LogP contribution is 2.25. The van der Waals surface area contributed by atoms with Crippen LogP contribution in [0.3, 0.4) is 0 Å². The molecule has 5 rings (SSSR count). The lowest BCUT2D eigenvalue weighted by molar-refractivity contribution is 0.0951. The first-order valence-corrected chi connectivity index (χ1v) is 11.7. The maximum atomic E-state index is 13.0. The van der Waals surface area contributed by atoms with Gasteiger partial charge in [0.2, 0.25) is 10.1 Å². The van der Waals surface area contributed by atoms with Crippen LogP contribution in [0.5, 0.6) is 0 Å². The van der Waals surface area contributed by atoms with Gasteiger partial charge in [-0.3, -0.25) is 9.59 Å². The highest BCUT2D eigenvalue weighted by molar-refractivity contribution is 7.20. The Morgan fingerprint density at radius 1 is 0.971 bits per heavy atom. The van der Waals surface area contributed by atoms with Crippen LogP contribution in [-0.2, 0) is 6.54 Å². The van der Waals surface area contributed by atoms with E-state index in [2.05, 4.69) is 20.7 Å². The lowest BCUT2D eigenvalue weighted by Crippen LogP contribution is -2.23. The Hall–Kier alpha value is -4.04. The Balaban J connectivity index is 1.43. The Morgan fingerprint density at radius 3 is 2.53 bits per heavy atom. The van der Waals surface area contributed by atoms with Crippen LogP contribution in [0.2, 0.25) is 0 Å². The van der Waals surface area contributed by atoms with E-state index in [9.17, 15) is 9.59 Å². The SMILES string of the molecule is Cc1ccc(CNC(=O)c2ccc3c(=O)n4nc(Nc5cc(C)ccc5C)sc4nc3c2)cc1. The number of carbonyl (C=O) groups is 1. The Kier molecular flexibility index (Phi) is 5.59. The molecule has 0 radical (unpaired) electrons. The summed E-state index contributed by atoms with van der Waals surface area (Å²) in [5.41, 5.74) is 5.99. The van der Waals surface area contributed by atoms with Crippen LogP contribution >= 0.6 is 11.3 Å². The Morgan fingerprint density at radius 2 is 1.74 bits per heavy atom. The first-order valence-electron chi connectivity index (χ1n) is 10.9. The molecule has 0 atom stereocenters. The first-order chi connectivity index (χ1) is 16.4. The van der Waals surface area contributed by atoms with Gasteiger partial charge in [-0.15, -0.1) is 5.10 Å². The summed E-state index contributed by atoms with van der Waals surface area (Å²) < 4.78 is 1.30. The number of fused-ring (bicyclic) bond motifs is 2. The molecule has 0 unspecified atom stereocenters. The maximum Gasteiger partial charge on any atom is 0.283 e. The molecular weight excluding hydrogens is 446 g/mol. The number of rotatable bonds is 5. The van der Waals surface area contributed by atoms with Crippen LogP contribution in [0.15, 0.2) is 65.5 Å². The minimum absolute atomic E-state index is 0.217. The quantitative estimate of drug-likeness (QED) is 0.382. The van der Waals surface area contributed by atoms with Gasteiger partial charge in [0.1, 0.15) is 0 Å². The second-order valence-corrected chi connectivity index (χ2v) is 9.32. The molecule has 2 N–H and O–H groups in total. The number of amides is 1. The highest BCUT2D eigenvalue weighted by Gasteiger charge is 2.14. The van der Waals surface area contributed by atoms with Crippen molar-refractivity contribution in [3.05, 3.63) is 98.8 Å². The maximum absolute atomic E-state index is 13.0. The van der Waals surface area contributed by atoms with E-state index < -0.39 is 0 Å². The van der Waals surface area contributed by atoms with Crippen molar-refractivity contribution in [2.24, 2.45) is 0 Å². The summed E-state index contributed by atoms with van der Waals surface area (Å²) in [5, 5.41) is 11.6. The number of nitrogens with one attached hydrogen (secondary N) is 2. The fraction of sp³-hybridized carbons (Fsp3) is 0.154. The molecular formula is C26H23N5O2S. The topological polar surface area (TPSA) is 88.4 Å². The van der Waals surface area contributed by atoms with Crippen molar-refractivity contribution in [3.8, 4) is 0 Å². The van der Waals surface area contributed by atoms with Crippen LogP contribution in [0.1, 0.15) is 32.6 Å². The monoisotopic (exact) mass is 469 g/mol. The molecule has 0 aliphatic rings. The number of hydrogen-bond acceptors (Lipinski definition) is 6. The summed E-state index contributed by atoms with van der Waals surface area (Å²) in [4.78, 5) is 30.8. The molecule has 5 aromatic rings. The molecule has 170 valence electrons. The zero-order chi connectivity index (χ0) is 23.8. The molecule has 0 aliphatic carbocycles. The second kappa shape index (κ2) is 8.72. The standard InChI is InChI=1S/C26H23N5O2S/c1-15-5-8-18(9-6-15)14-27-23(32)19-10-11-20-22(13-19)29-26-31(24(20)33)30-25(34-26)28-21-12-16(2)4-7-17(21)3/h4-13H,14H2,1-3H3,(H,27,32)(H,28,30). The van der Waals surface area contributed by atoms with Gasteiger partial charge in [-0.1, -0.05) is 53.3 Å². The van der Waals surface area contributed by atoms with Crippen LogP contribution in [0, 0.1) is 20.8 Å². The molecule has 0 bridgehead atoms. The number of carbonyl (C=O) groups excluding carboxylic acids is 1. The molecule has 2 heterocycles. The molecule has 0 saturated heterocycles. The number of benzene rings is 3. The fourth-order valence-corrected chi connectivity index (χ4v) is 4.49. The summed E-state index contributed by atoms with van der Waals surface area (Å²) >= 11 is 1.29. The van der Waals surface area contributed by atoms with Crippen LogP contribution in [-0.4, -0.2) is 20.5 Å². The molecule has 0 aliphatic heterocycles. The van der Waals surface area contributed by atoms with Crippen molar-refractivity contribution in [3.63, 3.8) is 0 Å². The third-order valence-corrected chi connectivity index (χ3v) is 6.49. The molecule has 7 nitrogen and oxygen atoms in total. The normalized spacial score (nSPS) is 11.1. The number of aryl methyl sites for hydroxylation is 3. The van der Waals surface area contributed by atoms with Gasteiger partial charge in [-0.25, -0.2) is 4.98 Å². The van der Waals surface area contributed by atoms with Crippen LogP contribution in [0.4, 0.5) is 10.8 Å². The lowest BCUT2D eigenvalue weighted by Gasteiger charge is -2.07. The van der Waals surface area contributed by atoms with Crippen molar-refractivity contribution >= 4 is 43.9 Å². The van der Waals surface area contributed by atoms with E-state index in [1.54, 1.807) is 18.2 Å². The molecule has 0 spiro atoms. The smallest absolute Gasteiger partial charge is 0.283 e. The average Bonchev–Trinajstić information content (AvgIpc) is 3.23. The van der Waals surface area contributed by atoms with E-state index in [1.807, 2.05) is 63.2 Å². The highest BCUT2D eigenvalue weighted by atomic mass is 32.1. The van der Waals surface area contributed by atoms with E-state index in [-0.39, 0.29) is 11.5 Å². The van der Waals surface area contributed by atoms with Gasteiger partial charge in [0, 0.05) is 17.8 Å². The van der Waals surface area contributed by atoms with Crippen molar-refractivity contribution in [1.29, 1.82) is 0 Å². The molecule has 8 heteroatoms. The van der Waals surface area contributed by atoms with E-state index >= 15 is 0 Å². The number of hydrogen-bond donors (Lipinski definition) is 2. The first kappa shape index (κ1) is 21.8. The molecule has 0 fully saturated rings. The zero-order valence-electron chi connectivity index (χ0n) is 19.0. The Labute approximate surface area is 200 Å². The number of nitrogens with zero attached hydrogens (tertiary/aromatic N) is 3. The largest absolute Gasteiger partial charge is 0.348 e. The fourth-order valence-electron chi connectivity index (χ4n) is 3.68. The molecule has 2 aromatic heterocycles. The molecule has 0 saturated carbocycles. The average molecular weight is 470 g/mol. The zero-order valence-corrected chi connectivity index (χ0v) is 19.9. The van der Waals surface area contributed by atoms with E-state index in [0.29, 0.717) is 33.1 Å². The minimum Gasteiger partial charge on any atom is -0.348 e. The number of anilines is 2. The Bertz CT molecular complexity index is 1600. The molecule has 34 heavy (non-hydrogen) atoms. The summed E-state index contributed by atoms with van der Waals surface area (Å²) in [7, 11) is 0. The van der Waals surface area contributed by atoms with Gasteiger partial charge in [0.05, 0.1) is 10.9 Å². The van der Waals surface area contributed by atoms with Gasteiger partial charge in [-0.05, 0) is 61.7 Å². The van der Waals surface area contributed by atoms with Crippen molar-refractivity contribution < 1.29 is 4.79 Å². The van der Waals surface area contributed by atoms with E-state index in [1.165, 1.54) is 21.4 Å². The lowest BCUT2D eigenvalue weighted by atomic mass is 10.1. The minimum atomic E-state index is -0.267. The molecule has 3 aromatic carbocycles. The third-order valence-electron chi connectivity index (χ3n) is 5.67. The van der Waals surface area contributed by atoms with Gasteiger partial charge in [0.25, 0.3) is 11.5 Å². The van der Waals surface area contributed by atoms with E-state index in [0.717, 1.165) is 22.4 Å². The summed E-state index contributed by atoms with van der Waals surface area (Å²) in [5.74, 6) is -0.217. The van der Waals surface area contributed by atoms with Crippen molar-refractivity contribution in [2.45, 2.75) is 27.3 Å². The van der Waals surface area contributed by atoms with Gasteiger partial charge >= 0.3 is 0 Å². The molecule has 1 amide bonds. The summed E-state index contributed by atoms with van der Waals surface area (Å²) in [6, 6.07) is 19.1. The second-order valence-electron chi connectivity index (χ2n) is 8.36. The van der Waals surface area contributed by atoms with E-state index in [4.69, 9.17) is 0 Å². The number of aromatic nitrogens is 3. The van der Waals surface area contributed by atoms with Gasteiger partial charge in [-0.2, -0.15) is 4.52 Å². The van der Waals surface area contributed by atoms with Gasteiger partial charge in [0.15, 0.2) is 0 Å². The van der Waals surface area contributed by atoms with Crippen LogP contribution in [0.25, 0.3) is 15.9 Å². The summed E-state index contributed by atoms with van der Waals surface area (Å²) in [6.07, 6.45) is 0. The third kappa shape index (κ3) is 4.27. The van der Waals surface area contributed by atoms with Crippen molar-refractivity contribution in [1.82, 2.24) is 19.9 Å². The van der Waals surface area contributed by atoms with Gasteiger partial charge < -0.3 is 10.6 Å².